The molecule has 2 atom stereocenters. The zero-order valence-electron chi connectivity index (χ0n) is 8.99. The Labute approximate surface area is 103 Å². The number of nitrogens with two attached hydrogens (primary N) is 1. The lowest BCUT2D eigenvalue weighted by molar-refractivity contribution is -0.118. The van der Waals surface area contributed by atoms with Crippen LogP contribution in [0.15, 0.2) is 30.4 Å². The van der Waals surface area contributed by atoms with Crippen LogP contribution < -0.4 is 11.1 Å². The summed E-state index contributed by atoms with van der Waals surface area (Å²) >= 11 is 5.81. The summed E-state index contributed by atoms with van der Waals surface area (Å²) in [5.41, 5.74) is 6.07. The van der Waals surface area contributed by atoms with Gasteiger partial charge in [0, 0.05) is 6.04 Å². The Morgan fingerprint density at radius 1 is 1.47 bits per heavy atom. The molecule has 2 unspecified atom stereocenters. The van der Waals surface area contributed by atoms with Gasteiger partial charge in [-0.05, 0) is 24.6 Å². The molecule has 0 aromatic heterocycles. The Kier molecular flexibility index (Phi) is 3.45. The van der Waals surface area contributed by atoms with Gasteiger partial charge in [-0.2, -0.15) is 0 Å². The lowest BCUT2D eigenvalue weighted by Gasteiger charge is -2.11. The largest absolute Gasteiger partial charge is 0.324 e. The SMILES string of the molecule is NC1C=CC(C(=O)Nc2ccc(F)cc2Cl)C1. The zero-order chi connectivity index (χ0) is 12.4. The summed E-state index contributed by atoms with van der Waals surface area (Å²) in [4.78, 5) is 11.8. The topological polar surface area (TPSA) is 55.1 Å². The van der Waals surface area contributed by atoms with Crippen molar-refractivity contribution in [1.29, 1.82) is 0 Å². The quantitative estimate of drug-likeness (QED) is 0.796. The average Bonchev–Trinajstić information content (AvgIpc) is 2.69. The molecule has 1 aromatic rings. The predicted octanol–water partition coefficient (Wildman–Crippen LogP) is 2.32. The fraction of sp³-hybridized carbons (Fsp3) is 0.250. The number of hydrogen-bond donors (Lipinski definition) is 2. The highest BCUT2D eigenvalue weighted by atomic mass is 35.5. The molecule has 0 saturated heterocycles. The first-order valence-corrected chi connectivity index (χ1v) is 5.64. The summed E-state index contributed by atoms with van der Waals surface area (Å²) in [6.07, 6.45) is 4.17. The van der Waals surface area contributed by atoms with Gasteiger partial charge in [-0.25, -0.2) is 4.39 Å². The highest BCUT2D eigenvalue weighted by Gasteiger charge is 2.23. The summed E-state index contributed by atoms with van der Waals surface area (Å²) in [6, 6.07) is 3.77. The molecule has 17 heavy (non-hydrogen) atoms. The van der Waals surface area contributed by atoms with E-state index in [2.05, 4.69) is 5.32 Å². The Bertz CT molecular complexity index is 476. The molecule has 1 aliphatic rings. The first-order chi connectivity index (χ1) is 8.06. The van der Waals surface area contributed by atoms with E-state index < -0.39 is 5.82 Å². The van der Waals surface area contributed by atoms with Crippen molar-refractivity contribution >= 4 is 23.2 Å². The molecule has 0 spiro atoms. The number of halogens is 2. The van der Waals surface area contributed by atoms with E-state index in [9.17, 15) is 9.18 Å². The summed E-state index contributed by atoms with van der Waals surface area (Å²) in [5.74, 6) is -0.857. The summed E-state index contributed by atoms with van der Waals surface area (Å²) in [7, 11) is 0. The molecule has 0 bridgehead atoms. The molecule has 1 amide bonds. The van der Waals surface area contributed by atoms with Crippen molar-refractivity contribution in [3.63, 3.8) is 0 Å². The smallest absolute Gasteiger partial charge is 0.231 e. The van der Waals surface area contributed by atoms with Crippen molar-refractivity contribution in [3.05, 3.63) is 41.2 Å². The third kappa shape index (κ3) is 2.84. The monoisotopic (exact) mass is 254 g/mol. The van der Waals surface area contributed by atoms with E-state index in [0.717, 1.165) is 6.07 Å². The van der Waals surface area contributed by atoms with E-state index in [1.807, 2.05) is 0 Å². The highest BCUT2D eigenvalue weighted by Crippen LogP contribution is 2.24. The van der Waals surface area contributed by atoms with Crippen LogP contribution >= 0.6 is 11.6 Å². The Balaban J connectivity index is 2.06. The number of anilines is 1. The molecule has 3 N–H and O–H groups in total. The summed E-state index contributed by atoms with van der Waals surface area (Å²) < 4.78 is 12.8. The molecular weight excluding hydrogens is 243 g/mol. The maximum atomic E-state index is 12.8. The molecule has 3 nitrogen and oxygen atoms in total. The van der Waals surface area contributed by atoms with Crippen LogP contribution in [0, 0.1) is 11.7 Å². The van der Waals surface area contributed by atoms with Gasteiger partial charge in [0.25, 0.3) is 0 Å². The second kappa shape index (κ2) is 4.85. The fourth-order valence-electron chi connectivity index (χ4n) is 1.74. The minimum absolute atomic E-state index is 0.0746. The molecule has 90 valence electrons. The van der Waals surface area contributed by atoms with Crippen LogP contribution in [0.25, 0.3) is 0 Å². The first-order valence-electron chi connectivity index (χ1n) is 5.26. The Morgan fingerprint density at radius 2 is 2.24 bits per heavy atom. The van der Waals surface area contributed by atoms with Crippen molar-refractivity contribution < 1.29 is 9.18 Å². The normalized spacial score (nSPS) is 22.8. The van der Waals surface area contributed by atoms with Gasteiger partial charge in [0.15, 0.2) is 0 Å². The minimum atomic E-state index is -0.434. The van der Waals surface area contributed by atoms with Gasteiger partial charge in [0.2, 0.25) is 5.91 Å². The first kappa shape index (κ1) is 12.1. The van der Waals surface area contributed by atoms with Crippen LogP contribution in [0.2, 0.25) is 5.02 Å². The molecular formula is C12H12ClFN2O. The van der Waals surface area contributed by atoms with E-state index in [-0.39, 0.29) is 22.9 Å². The van der Waals surface area contributed by atoms with Crippen LogP contribution in [0.3, 0.4) is 0 Å². The summed E-state index contributed by atoms with van der Waals surface area (Å²) in [6.45, 7) is 0. The van der Waals surface area contributed by atoms with Crippen molar-refractivity contribution in [1.82, 2.24) is 0 Å². The van der Waals surface area contributed by atoms with Crippen LogP contribution in [0.4, 0.5) is 10.1 Å². The van der Waals surface area contributed by atoms with Crippen molar-refractivity contribution in [2.24, 2.45) is 11.7 Å². The standard InChI is InChI=1S/C12H12ClFN2O/c13-10-6-8(14)2-4-11(10)16-12(17)7-1-3-9(15)5-7/h1-4,6-7,9H,5,15H2,(H,16,17). The van der Waals surface area contributed by atoms with Gasteiger partial charge >= 0.3 is 0 Å². The number of benzene rings is 1. The van der Waals surface area contributed by atoms with Gasteiger partial charge in [0.1, 0.15) is 5.82 Å². The average molecular weight is 255 g/mol. The lowest BCUT2D eigenvalue weighted by atomic mass is 10.1. The highest BCUT2D eigenvalue weighted by molar-refractivity contribution is 6.33. The number of carbonyl (C=O) groups excluding carboxylic acids is 1. The van der Waals surface area contributed by atoms with Crippen LogP contribution in [-0.4, -0.2) is 11.9 Å². The third-order valence-corrected chi connectivity index (χ3v) is 2.96. The molecule has 0 aliphatic heterocycles. The predicted molar refractivity (Wildman–Crippen MR) is 65.3 cm³/mol. The number of carbonyl (C=O) groups is 1. The fourth-order valence-corrected chi connectivity index (χ4v) is 1.95. The van der Waals surface area contributed by atoms with Gasteiger partial charge in [0.05, 0.1) is 16.6 Å². The van der Waals surface area contributed by atoms with E-state index in [4.69, 9.17) is 17.3 Å². The van der Waals surface area contributed by atoms with Crippen LogP contribution in [0.5, 0.6) is 0 Å². The molecule has 0 radical (unpaired) electrons. The number of amides is 1. The molecule has 5 heteroatoms. The van der Waals surface area contributed by atoms with E-state index >= 15 is 0 Å². The van der Waals surface area contributed by atoms with Crippen molar-refractivity contribution in [3.8, 4) is 0 Å². The second-order valence-corrected chi connectivity index (χ2v) is 4.41. The van der Waals surface area contributed by atoms with Gasteiger partial charge in [-0.3, -0.25) is 4.79 Å². The van der Waals surface area contributed by atoms with Gasteiger partial charge in [-0.15, -0.1) is 0 Å². The lowest BCUT2D eigenvalue weighted by Crippen LogP contribution is -2.24. The Morgan fingerprint density at radius 3 is 2.82 bits per heavy atom. The molecule has 0 heterocycles. The minimum Gasteiger partial charge on any atom is -0.324 e. The maximum absolute atomic E-state index is 12.8. The van der Waals surface area contributed by atoms with Crippen molar-refractivity contribution in [2.45, 2.75) is 12.5 Å². The van der Waals surface area contributed by atoms with Crippen molar-refractivity contribution in [2.75, 3.05) is 5.32 Å². The third-order valence-electron chi connectivity index (χ3n) is 2.64. The molecule has 0 saturated carbocycles. The number of nitrogens with one attached hydrogen (secondary N) is 1. The van der Waals surface area contributed by atoms with Crippen LogP contribution in [-0.2, 0) is 4.79 Å². The van der Waals surface area contributed by atoms with E-state index in [1.54, 1.807) is 12.2 Å². The van der Waals surface area contributed by atoms with E-state index in [1.165, 1.54) is 12.1 Å². The number of rotatable bonds is 2. The van der Waals surface area contributed by atoms with Gasteiger partial charge in [-0.1, -0.05) is 23.8 Å². The van der Waals surface area contributed by atoms with Gasteiger partial charge < -0.3 is 11.1 Å². The summed E-state index contributed by atoms with van der Waals surface area (Å²) in [5, 5.41) is 2.84. The number of hydrogen-bond acceptors (Lipinski definition) is 2. The molecule has 0 fully saturated rings. The molecule has 2 rings (SSSR count). The van der Waals surface area contributed by atoms with E-state index in [0.29, 0.717) is 12.1 Å². The zero-order valence-corrected chi connectivity index (χ0v) is 9.75. The maximum Gasteiger partial charge on any atom is 0.231 e. The van der Waals surface area contributed by atoms with Crippen LogP contribution in [0.1, 0.15) is 6.42 Å². The molecule has 1 aliphatic carbocycles. The Hall–Kier alpha value is -1.39. The second-order valence-electron chi connectivity index (χ2n) is 4.00. The molecule has 1 aromatic carbocycles.